The lowest BCUT2D eigenvalue weighted by Crippen LogP contribution is -2.17. The predicted molar refractivity (Wildman–Crippen MR) is 86.3 cm³/mol. The summed E-state index contributed by atoms with van der Waals surface area (Å²) in [5.74, 6) is 1.60. The number of rotatable bonds is 6. The van der Waals surface area contributed by atoms with Crippen LogP contribution in [0.1, 0.15) is 29.7 Å². The van der Waals surface area contributed by atoms with E-state index in [0.29, 0.717) is 0 Å². The summed E-state index contributed by atoms with van der Waals surface area (Å²) in [6.45, 7) is 2.16. The molecule has 1 N–H and O–H groups in total. The molecule has 0 spiro atoms. The number of hydrogen-bond donors (Lipinski definition) is 1. The van der Waals surface area contributed by atoms with Gasteiger partial charge in [-0.1, -0.05) is 31.2 Å². The third-order valence-corrected chi connectivity index (χ3v) is 3.72. The second-order valence-corrected chi connectivity index (χ2v) is 4.96. The molecule has 0 saturated carbocycles. The van der Waals surface area contributed by atoms with E-state index in [2.05, 4.69) is 36.5 Å². The normalized spacial score (nSPS) is 12.0. The number of aryl methyl sites for hydroxylation is 1. The largest absolute Gasteiger partial charge is 0.497 e. The summed E-state index contributed by atoms with van der Waals surface area (Å²) in [4.78, 5) is 0. The van der Waals surface area contributed by atoms with E-state index in [1.54, 1.807) is 14.2 Å². The first-order valence-corrected chi connectivity index (χ1v) is 7.20. The van der Waals surface area contributed by atoms with Gasteiger partial charge in [-0.15, -0.1) is 0 Å². The third-order valence-electron chi connectivity index (χ3n) is 3.72. The van der Waals surface area contributed by atoms with Crippen molar-refractivity contribution in [3.05, 3.63) is 59.2 Å². The van der Waals surface area contributed by atoms with Crippen LogP contribution in [0.4, 0.5) is 0 Å². The molecule has 21 heavy (non-hydrogen) atoms. The Morgan fingerprint density at radius 3 is 1.90 bits per heavy atom. The van der Waals surface area contributed by atoms with Gasteiger partial charge in [-0.25, -0.2) is 0 Å². The Morgan fingerprint density at radius 2 is 1.48 bits per heavy atom. The summed E-state index contributed by atoms with van der Waals surface area (Å²) in [7, 11) is 5.30. The van der Waals surface area contributed by atoms with Crippen LogP contribution in [0.5, 0.6) is 11.5 Å². The molecule has 0 fully saturated rings. The van der Waals surface area contributed by atoms with Crippen molar-refractivity contribution in [3.63, 3.8) is 0 Å². The molecule has 2 aromatic rings. The average molecular weight is 285 g/mol. The average Bonchev–Trinajstić information content (AvgIpc) is 2.55. The molecular weight excluding hydrogens is 262 g/mol. The van der Waals surface area contributed by atoms with E-state index >= 15 is 0 Å². The second kappa shape index (κ2) is 7.14. The van der Waals surface area contributed by atoms with Gasteiger partial charge >= 0.3 is 0 Å². The van der Waals surface area contributed by atoms with Crippen LogP contribution in [0.15, 0.2) is 42.5 Å². The highest BCUT2D eigenvalue weighted by molar-refractivity contribution is 5.43. The van der Waals surface area contributed by atoms with Gasteiger partial charge in [0.15, 0.2) is 0 Å². The minimum Gasteiger partial charge on any atom is -0.497 e. The molecular formula is C18H23NO2. The molecule has 2 aromatic carbocycles. The lowest BCUT2D eigenvalue weighted by molar-refractivity contribution is 0.392. The van der Waals surface area contributed by atoms with Crippen LogP contribution in [0.25, 0.3) is 0 Å². The lowest BCUT2D eigenvalue weighted by atomic mass is 9.97. The minimum absolute atomic E-state index is 0.111. The molecule has 1 unspecified atom stereocenters. The van der Waals surface area contributed by atoms with Crippen LogP contribution >= 0.6 is 0 Å². The summed E-state index contributed by atoms with van der Waals surface area (Å²) in [6, 6.07) is 14.8. The van der Waals surface area contributed by atoms with Crippen molar-refractivity contribution in [1.82, 2.24) is 5.32 Å². The molecule has 0 bridgehead atoms. The molecule has 112 valence electrons. The number of ether oxygens (including phenoxy) is 2. The monoisotopic (exact) mass is 285 g/mol. The molecule has 0 radical (unpaired) electrons. The summed E-state index contributed by atoms with van der Waals surface area (Å²) in [6.07, 6.45) is 1.05. The third kappa shape index (κ3) is 3.56. The van der Waals surface area contributed by atoms with E-state index in [1.807, 2.05) is 25.2 Å². The molecule has 3 heteroatoms. The maximum absolute atomic E-state index is 5.36. The number of methoxy groups -OCH3 is 2. The van der Waals surface area contributed by atoms with E-state index < -0.39 is 0 Å². The van der Waals surface area contributed by atoms with E-state index in [1.165, 1.54) is 11.1 Å². The van der Waals surface area contributed by atoms with Gasteiger partial charge < -0.3 is 14.8 Å². The number of hydrogen-bond acceptors (Lipinski definition) is 3. The first-order valence-electron chi connectivity index (χ1n) is 7.20. The van der Waals surface area contributed by atoms with Gasteiger partial charge in [0.25, 0.3) is 0 Å². The summed E-state index contributed by atoms with van der Waals surface area (Å²) >= 11 is 0. The predicted octanol–water partition coefficient (Wildman–Crippen LogP) is 3.58. The van der Waals surface area contributed by atoms with E-state index in [0.717, 1.165) is 23.5 Å². The Balaban J connectivity index is 2.39. The van der Waals surface area contributed by atoms with Crippen LogP contribution < -0.4 is 14.8 Å². The Hall–Kier alpha value is -2.00. The minimum atomic E-state index is 0.111. The van der Waals surface area contributed by atoms with Crippen molar-refractivity contribution in [1.29, 1.82) is 0 Å². The summed E-state index contributed by atoms with van der Waals surface area (Å²) in [5, 5.41) is 3.36. The lowest BCUT2D eigenvalue weighted by Gasteiger charge is -2.19. The Morgan fingerprint density at radius 1 is 0.905 bits per heavy atom. The molecule has 0 heterocycles. The van der Waals surface area contributed by atoms with E-state index in [9.17, 15) is 0 Å². The van der Waals surface area contributed by atoms with Gasteiger partial charge in [0.2, 0.25) is 0 Å². The topological polar surface area (TPSA) is 30.5 Å². The van der Waals surface area contributed by atoms with Gasteiger partial charge in [-0.2, -0.15) is 0 Å². The Kier molecular flexibility index (Phi) is 5.23. The Bertz CT molecular complexity index is 556. The van der Waals surface area contributed by atoms with Crippen molar-refractivity contribution in [2.75, 3.05) is 21.3 Å². The first kappa shape index (κ1) is 15.4. The van der Waals surface area contributed by atoms with Crippen molar-refractivity contribution in [2.45, 2.75) is 19.4 Å². The van der Waals surface area contributed by atoms with Crippen LogP contribution in [0.3, 0.4) is 0 Å². The highest BCUT2D eigenvalue weighted by atomic mass is 16.5. The highest BCUT2D eigenvalue weighted by Gasteiger charge is 2.14. The molecule has 0 aliphatic carbocycles. The fourth-order valence-electron chi connectivity index (χ4n) is 2.47. The van der Waals surface area contributed by atoms with Crippen LogP contribution in [-0.4, -0.2) is 21.3 Å². The molecule has 2 rings (SSSR count). The van der Waals surface area contributed by atoms with Crippen LogP contribution in [0.2, 0.25) is 0 Å². The molecule has 0 saturated heterocycles. The van der Waals surface area contributed by atoms with Gasteiger partial charge in [-0.3, -0.25) is 0 Å². The first-order chi connectivity index (χ1) is 10.2. The van der Waals surface area contributed by atoms with Gasteiger partial charge in [-0.05, 0) is 42.3 Å². The van der Waals surface area contributed by atoms with Crippen molar-refractivity contribution < 1.29 is 9.47 Å². The maximum atomic E-state index is 5.36. The molecule has 0 aliphatic heterocycles. The zero-order valence-electron chi connectivity index (χ0n) is 13.1. The van der Waals surface area contributed by atoms with Gasteiger partial charge in [0, 0.05) is 6.07 Å². The van der Waals surface area contributed by atoms with Crippen molar-refractivity contribution >= 4 is 0 Å². The smallest absolute Gasteiger partial charge is 0.122 e. The van der Waals surface area contributed by atoms with Crippen molar-refractivity contribution in [3.8, 4) is 11.5 Å². The fraction of sp³-hybridized carbons (Fsp3) is 0.333. The fourth-order valence-corrected chi connectivity index (χ4v) is 2.47. The molecule has 1 atom stereocenters. The van der Waals surface area contributed by atoms with Crippen molar-refractivity contribution in [2.24, 2.45) is 0 Å². The summed E-state index contributed by atoms with van der Waals surface area (Å²) < 4.78 is 10.7. The zero-order valence-corrected chi connectivity index (χ0v) is 13.1. The zero-order chi connectivity index (χ0) is 15.2. The van der Waals surface area contributed by atoms with Gasteiger partial charge in [0.05, 0.1) is 20.3 Å². The maximum Gasteiger partial charge on any atom is 0.122 e. The molecule has 0 amide bonds. The van der Waals surface area contributed by atoms with Crippen LogP contribution in [-0.2, 0) is 6.42 Å². The molecule has 3 nitrogen and oxygen atoms in total. The highest BCUT2D eigenvalue weighted by Crippen LogP contribution is 2.30. The standard InChI is InChI=1S/C18H23NO2/c1-5-13-6-8-14(9-7-13)18(19-2)15-10-16(20-3)12-17(11-15)21-4/h6-12,18-19H,5H2,1-4H3. The molecule has 0 aromatic heterocycles. The quantitative estimate of drug-likeness (QED) is 0.880. The number of nitrogens with one attached hydrogen (secondary N) is 1. The Labute approximate surface area is 126 Å². The SMILES string of the molecule is CCc1ccc(C(NC)c2cc(OC)cc(OC)c2)cc1. The second-order valence-electron chi connectivity index (χ2n) is 4.96. The number of benzene rings is 2. The van der Waals surface area contributed by atoms with E-state index in [4.69, 9.17) is 9.47 Å². The summed E-state index contributed by atoms with van der Waals surface area (Å²) in [5.41, 5.74) is 3.69. The van der Waals surface area contributed by atoms with Crippen LogP contribution in [0, 0.1) is 0 Å². The van der Waals surface area contributed by atoms with Gasteiger partial charge in [0.1, 0.15) is 11.5 Å². The molecule has 0 aliphatic rings. The van der Waals surface area contributed by atoms with E-state index in [-0.39, 0.29) is 6.04 Å².